The summed E-state index contributed by atoms with van der Waals surface area (Å²) in [5.41, 5.74) is 0.339. The molecule has 0 aliphatic carbocycles. The Labute approximate surface area is 107 Å². The molecule has 0 fully saturated rings. The number of aromatic nitrogens is 1. The molecule has 0 atom stereocenters. The van der Waals surface area contributed by atoms with Gasteiger partial charge in [-0.25, -0.2) is 4.98 Å². The van der Waals surface area contributed by atoms with Gasteiger partial charge in [0.25, 0.3) is 5.91 Å². The van der Waals surface area contributed by atoms with Crippen molar-refractivity contribution in [3.05, 3.63) is 28.5 Å². The third-order valence-corrected chi connectivity index (χ3v) is 2.72. The SMILES string of the molecule is O=C(O)CCCCNC(=O)c1ncccc1Br. The molecule has 1 amide bonds. The van der Waals surface area contributed by atoms with Gasteiger partial charge in [0.05, 0.1) is 0 Å². The maximum absolute atomic E-state index is 11.6. The number of carbonyl (C=O) groups excluding carboxylic acids is 1. The van der Waals surface area contributed by atoms with Crippen molar-refractivity contribution in [2.24, 2.45) is 0 Å². The number of unbranched alkanes of at least 4 members (excludes halogenated alkanes) is 1. The molecule has 1 aromatic rings. The lowest BCUT2D eigenvalue weighted by Gasteiger charge is -2.05. The topological polar surface area (TPSA) is 79.3 Å². The number of hydrogen-bond donors (Lipinski definition) is 2. The summed E-state index contributed by atoms with van der Waals surface area (Å²) < 4.78 is 0.642. The first-order valence-electron chi connectivity index (χ1n) is 5.22. The van der Waals surface area contributed by atoms with Crippen LogP contribution in [0.4, 0.5) is 0 Å². The molecule has 1 heterocycles. The molecule has 2 N–H and O–H groups in total. The van der Waals surface area contributed by atoms with Crippen LogP contribution in [0.3, 0.4) is 0 Å². The Hall–Kier alpha value is -1.43. The first kappa shape index (κ1) is 13.6. The number of nitrogens with one attached hydrogen (secondary N) is 1. The number of hydrogen-bond acceptors (Lipinski definition) is 3. The zero-order chi connectivity index (χ0) is 12.7. The van der Waals surface area contributed by atoms with Crippen LogP contribution in [0.15, 0.2) is 22.8 Å². The Morgan fingerprint density at radius 3 is 2.82 bits per heavy atom. The summed E-state index contributed by atoms with van der Waals surface area (Å²) in [6, 6.07) is 3.47. The molecular formula is C11H13BrN2O3. The largest absolute Gasteiger partial charge is 0.481 e. The normalized spacial score (nSPS) is 9.94. The van der Waals surface area contributed by atoms with E-state index in [9.17, 15) is 9.59 Å². The predicted octanol–water partition coefficient (Wildman–Crippen LogP) is 1.83. The number of carboxylic acids is 1. The van der Waals surface area contributed by atoms with Crippen molar-refractivity contribution in [2.75, 3.05) is 6.54 Å². The maximum atomic E-state index is 11.6. The second-order valence-electron chi connectivity index (χ2n) is 3.44. The van der Waals surface area contributed by atoms with Crippen molar-refractivity contribution in [2.45, 2.75) is 19.3 Å². The molecule has 92 valence electrons. The molecule has 0 unspecified atom stereocenters. The number of halogens is 1. The molecule has 0 bridgehead atoms. The minimum Gasteiger partial charge on any atom is -0.481 e. The molecule has 5 nitrogen and oxygen atoms in total. The fraction of sp³-hybridized carbons (Fsp3) is 0.364. The van der Waals surface area contributed by atoms with Gasteiger partial charge in [-0.2, -0.15) is 0 Å². The third kappa shape index (κ3) is 4.95. The molecule has 0 radical (unpaired) electrons. The summed E-state index contributed by atoms with van der Waals surface area (Å²) in [6.45, 7) is 0.453. The van der Waals surface area contributed by atoms with Crippen LogP contribution in [0.5, 0.6) is 0 Å². The van der Waals surface area contributed by atoms with Crippen molar-refractivity contribution in [1.82, 2.24) is 10.3 Å². The van der Waals surface area contributed by atoms with E-state index < -0.39 is 5.97 Å². The second-order valence-corrected chi connectivity index (χ2v) is 4.29. The Kier molecular flexibility index (Phi) is 5.62. The number of nitrogens with zero attached hydrogens (tertiary/aromatic N) is 1. The quantitative estimate of drug-likeness (QED) is 0.786. The van der Waals surface area contributed by atoms with Gasteiger partial charge in [0.2, 0.25) is 0 Å². The van der Waals surface area contributed by atoms with Crippen LogP contribution in [0.25, 0.3) is 0 Å². The highest BCUT2D eigenvalue weighted by Gasteiger charge is 2.09. The summed E-state index contributed by atoms with van der Waals surface area (Å²) in [4.78, 5) is 25.9. The molecule has 0 aromatic carbocycles. The highest BCUT2D eigenvalue weighted by Crippen LogP contribution is 2.12. The summed E-state index contributed by atoms with van der Waals surface area (Å²) in [7, 11) is 0. The molecule has 0 saturated heterocycles. The Morgan fingerprint density at radius 1 is 1.41 bits per heavy atom. The number of carboxylic acid groups (broad SMARTS) is 1. The lowest BCUT2D eigenvalue weighted by atomic mass is 10.2. The van der Waals surface area contributed by atoms with Gasteiger partial charge in [-0.3, -0.25) is 9.59 Å². The number of aliphatic carboxylic acids is 1. The van der Waals surface area contributed by atoms with Crippen LogP contribution in [0.1, 0.15) is 29.8 Å². The van der Waals surface area contributed by atoms with Gasteiger partial charge in [-0.15, -0.1) is 0 Å². The van der Waals surface area contributed by atoms with Gasteiger partial charge < -0.3 is 10.4 Å². The summed E-state index contributed by atoms with van der Waals surface area (Å²) in [5, 5.41) is 11.1. The number of pyridine rings is 1. The lowest BCUT2D eigenvalue weighted by Crippen LogP contribution is -2.25. The fourth-order valence-corrected chi connectivity index (χ4v) is 1.67. The molecule has 6 heteroatoms. The summed E-state index contributed by atoms with van der Waals surface area (Å²) in [6.07, 6.45) is 2.87. The van der Waals surface area contributed by atoms with E-state index >= 15 is 0 Å². The van der Waals surface area contributed by atoms with E-state index in [1.54, 1.807) is 18.3 Å². The van der Waals surface area contributed by atoms with Gasteiger partial charge >= 0.3 is 5.97 Å². The van der Waals surface area contributed by atoms with Crippen LogP contribution >= 0.6 is 15.9 Å². The van der Waals surface area contributed by atoms with Crippen molar-refractivity contribution < 1.29 is 14.7 Å². The van der Waals surface area contributed by atoms with E-state index in [0.29, 0.717) is 29.6 Å². The second kappa shape index (κ2) is 7.01. The van der Waals surface area contributed by atoms with E-state index in [0.717, 1.165) is 0 Å². The zero-order valence-electron chi connectivity index (χ0n) is 9.15. The molecule has 17 heavy (non-hydrogen) atoms. The smallest absolute Gasteiger partial charge is 0.303 e. The van der Waals surface area contributed by atoms with Crippen molar-refractivity contribution in [1.29, 1.82) is 0 Å². The molecule has 0 spiro atoms. The van der Waals surface area contributed by atoms with Crippen LogP contribution in [-0.4, -0.2) is 28.5 Å². The van der Waals surface area contributed by atoms with Gasteiger partial charge in [-0.1, -0.05) is 0 Å². The maximum Gasteiger partial charge on any atom is 0.303 e. The van der Waals surface area contributed by atoms with Crippen LogP contribution in [0.2, 0.25) is 0 Å². The highest BCUT2D eigenvalue weighted by molar-refractivity contribution is 9.10. The number of carbonyl (C=O) groups is 2. The van der Waals surface area contributed by atoms with Gasteiger partial charge in [0.15, 0.2) is 0 Å². The molecular weight excluding hydrogens is 288 g/mol. The number of rotatable bonds is 6. The van der Waals surface area contributed by atoms with Crippen LogP contribution in [-0.2, 0) is 4.79 Å². The standard InChI is InChI=1S/C11H13BrN2O3/c12-8-4-3-7-13-10(8)11(17)14-6-2-1-5-9(15)16/h3-4,7H,1-2,5-6H2,(H,14,17)(H,15,16). The molecule has 0 saturated carbocycles. The molecule has 1 rings (SSSR count). The minimum atomic E-state index is -0.816. The van der Waals surface area contributed by atoms with E-state index in [1.807, 2.05) is 0 Å². The number of amides is 1. The van der Waals surface area contributed by atoms with E-state index in [2.05, 4.69) is 26.2 Å². The van der Waals surface area contributed by atoms with E-state index in [-0.39, 0.29) is 12.3 Å². The third-order valence-electron chi connectivity index (χ3n) is 2.08. The van der Waals surface area contributed by atoms with Gasteiger partial charge in [0, 0.05) is 23.6 Å². The van der Waals surface area contributed by atoms with E-state index in [1.165, 1.54) is 0 Å². The molecule has 1 aromatic heterocycles. The first-order valence-corrected chi connectivity index (χ1v) is 6.01. The van der Waals surface area contributed by atoms with Gasteiger partial charge in [-0.05, 0) is 40.9 Å². The summed E-state index contributed by atoms with van der Waals surface area (Å²) >= 11 is 3.24. The Morgan fingerprint density at radius 2 is 2.18 bits per heavy atom. The lowest BCUT2D eigenvalue weighted by molar-refractivity contribution is -0.137. The molecule has 0 aliphatic heterocycles. The predicted molar refractivity (Wildman–Crippen MR) is 65.8 cm³/mol. The van der Waals surface area contributed by atoms with Crippen LogP contribution in [0, 0.1) is 0 Å². The fourth-order valence-electron chi connectivity index (χ4n) is 1.24. The molecule has 0 aliphatic rings. The monoisotopic (exact) mass is 300 g/mol. The van der Waals surface area contributed by atoms with Gasteiger partial charge in [0.1, 0.15) is 5.69 Å². The minimum absolute atomic E-state index is 0.128. The average Bonchev–Trinajstić information content (AvgIpc) is 2.28. The average molecular weight is 301 g/mol. The van der Waals surface area contributed by atoms with Crippen LogP contribution < -0.4 is 5.32 Å². The van der Waals surface area contributed by atoms with Crippen molar-refractivity contribution in [3.63, 3.8) is 0 Å². The highest BCUT2D eigenvalue weighted by atomic mass is 79.9. The van der Waals surface area contributed by atoms with E-state index in [4.69, 9.17) is 5.11 Å². The first-order chi connectivity index (χ1) is 8.11. The Bertz CT molecular complexity index is 409. The summed E-state index contributed by atoms with van der Waals surface area (Å²) in [5.74, 6) is -1.07. The van der Waals surface area contributed by atoms with Crippen molar-refractivity contribution >= 4 is 27.8 Å². The van der Waals surface area contributed by atoms with Crippen molar-refractivity contribution in [3.8, 4) is 0 Å². The Balaban J connectivity index is 2.31. The zero-order valence-corrected chi connectivity index (χ0v) is 10.7.